The summed E-state index contributed by atoms with van der Waals surface area (Å²) < 4.78 is 0. The zero-order valence-corrected chi connectivity index (χ0v) is 14.6. The van der Waals surface area contributed by atoms with Crippen molar-refractivity contribution in [1.29, 1.82) is 0 Å². The number of benzene rings is 2. The van der Waals surface area contributed by atoms with Gasteiger partial charge in [-0.1, -0.05) is 42.5 Å². The molecule has 1 heterocycles. The number of nitrogens with zero attached hydrogens (tertiary/aromatic N) is 1. The van der Waals surface area contributed by atoms with E-state index < -0.39 is 0 Å². The van der Waals surface area contributed by atoms with Crippen LogP contribution in [0.4, 0.5) is 5.69 Å². The maximum absolute atomic E-state index is 12.2. The number of rotatable bonds is 7. The van der Waals surface area contributed by atoms with Gasteiger partial charge in [0.25, 0.3) is 0 Å². The van der Waals surface area contributed by atoms with Crippen LogP contribution in [0.5, 0.6) is 0 Å². The van der Waals surface area contributed by atoms with Gasteiger partial charge in [-0.05, 0) is 29.7 Å². The largest absolute Gasteiger partial charge is 0.396 e. The molecule has 3 aromatic rings. The molecule has 0 aliphatic carbocycles. The minimum absolute atomic E-state index is 0.0773. The fourth-order valence-corrected chi connectivity index (χ4v) is 3.36. The van der Waals surface area contributed by atoms with Gasteiger partial charge in [-0.15, -0.1) is 11.3 Å². The first-order valence-electron chi connectivity index (χ1n) is 8.20. The monoisotopic (exact) mass is 352 g/mol. The molecule has 2 aromatic carbocycles. The predicted octanol–water partition coefficient (Wildman–Crippen LogP) is 3.45. The SMILES string of the molecule is O=C(Cc1csc(Cc2ccccc2)n1)Nc1ccc(CCO)cc1. The lowest BCUT2D eigenvalue weighted by Gasteiger charge is -2.05. The lowest BCUT2D eigenvalue weighted by Crippen LogP contribution is -2.14. The number of hydrogen-bond donors (Lipinski definition) is 2. The van der Waals surface area contributed by atoms with Crippen molar-refractivity contribution >= 4 is 22.9 Å². The quantitative estimate of drug-likeness (QED) is 0.685. The van der Waals surface area contributed by atoms with Crippen molar-refractivity contribution in [2.45, 2.75) is 19.3 Å². The molecular formula is C20H20N2O2S. The highest BCUT2D eigenvalue weighted by atomic mass is 32.1. The van der Waals surface area contributed by atoms with E-state index in [0.29, 0.717) is 6.42 Å². The third kappa shape index (κ3) is 5.24. The third-order valence-electron chi connectivity index (χ3n) is 3.78. The van der Waals surface area contributed by atoms with Gasteiger partial charge in [0.05, 0.1) is 17.1 Å². The van der Waals surface area contributed by atoms with Crippen LogP contribution in [0.1, 0.15) is 21.8 Å². The molecule has 3 rings (SSSR count). The normalized spacial score (nSPS) is 10.6. The molecule has 1 amide bonds. The van der Waals surface area contributed by atoms with Crippen LogP contribution in [-0.4, -0.2) is 22.6 Å². The molecule has 0 saturated carbocycles. The van der Waals surface area contributed by atoms with Crippen LogP contribution in [0.2, 0.25) is 0 Å². The average Bonchev–Trinajstić information content (AvgIpc) is 3.04. The van der Waals surface area contributed by atoms with E-state index >= 15 is 0 Å². The van der Waals surface area contributed by atoms with Gasteiger partial charge in [-0.25, -0.2) is 4.98 Å². The fraction of sp³-hybridized carbons (Fsp3) is 0.200. The molecule has 4 nitrogen and oxygen atoms in total. The van der Waals surface area contributed by atoms with Crippen molar-refractivity contribution in [2.75, 3.05) is 11.9 Å². The van der Waals surface area contributed by atoms with Gasteiger partial charge >= 0.3 is 0 Å². The van der Waals surface area contributed by atoms with Crippen molar-refractivity contribution < 1.29 is 9.90 Å². The molecule has 0 saturated heterocycles. The van der Waals surface area contributed by atoms with Gasteiger partial charge in [0.2, 0.25) is 5.91 Å². The zero-order chi connectivity index (χ0) is 17.5. The average molecular weight is 352 g/mol. The minimum atomic E-state index is -0.0773. The molecule has 0 radical (unpaired) electrons. The second-order valence-electron chi connectivity index (χ2n) is 5.79. The molecule has 0 aliphatic heterocycles. The Kier molecular flexibility index (Phi) is 5.93. The maximum Gasteiger partial charge on any atom is 0.230 e. The Balaban J connectivity index is 1.54. The number of anilines is 1. The summed E-state index contributed by atoms with van der Waals surface area (Å²) in [6, 6.07) is 17.7. The number of thiazole rings is 1. The molecule has 0 atom stereocenters. The Hall–Kier alpha value is -2.50. The molecule has 0 aliphatic rings. The molecule has 0 spiro atoms. The lowest BCUT2D eigenvalue weighted by atomic mass is 10.1. The van der Waals surface area contributed by atoms with Crippen LogP contribution in [0.25, 0.3) is 0 Å². The fourth-order valence-electron chi connectivity index (χ4n) is 2.54. The molecule has 5 heteroatoms. The first kappa shape index (κ1) is 17.3. The summed E-state index contributed by atoms with van der Waals surface area (Å²) in [6.07, 6.45) is 1.68. The maximum atomic E-state index is 12.2. The van der Waals surface area contributed by atoms with E-state index in [1.807, 2.05) is 47.8 Å². The van der Waals surface area contributed by atoms with Crippen LogP contribution >= 0.6 is 11.3 Å². The summed E-state index contributed by atoms with van der Waals surface area (Å²) in [5, 5.41) is 14.8. The Labute approximate surface area is 151 Å². The molecule has 25 heavy (non-hydrogen) atoms. The van der Waals surface area contributed by atoms with Gasteiger partial charge in [0.15, 0.2) is 0 Å². The number of aromatic nitrogens is 1. The van der Waals surface area contributed by atoms with Crippen molar-refractivity contribution in [2.24, 2.45) is 0 Å². The van der Waals surface area contributed by atoms with Gasteiger partial charge in [-0.2, -0.15) is 0 Å². The van der Waals surface area contributed by atoms with Crippen LogP contribution in [0.15, 0.2) is 60.0 Å². The molecule has 0 bridgehead atoms. The molecular weight excluding hydrogens is 332 g/mol. The van der Waals surface area contributed by atoms with Gasteiger partial charge in [0.1, 0.15) is 0 Å². The molecule has 0 fully saturated rings. The molecule has 1 aromatic heterocycles. The van der Waals surface area contributed by atoms with E-state index in [-0.39, 0.29) is 18.9 Å². The number of carbonyl (C=O) groups is 1. The zero-order valence-electron chi connectivity index (χ0n) is 13.8. The Morgan fingerprint density at radius 2 is 1.80 bits per heavy atom. The summed E-state index contributed by atoms with van der Waals surface area (Å²) >= 11 is 1.59. The summed E-state index contributed by atoms with van der Waals surface area (Å²) in [5.74, 6) is -0.0773. The number of nitrogens with one attached hydrogen (secondary N) is 1. The van der Waals surface area contributed by atoms with Gasteiger partial charge in [0, 0.05) is 24.1 Å². The number of aliphatic hydroxyl groups excluding tert-OH is 1. The van der Waals surface area contributed by atoms with Gasteiger partial charge in [-0.3, -0.25) is 4.79 Å². The number of carbonyl (C=O) groups excluding carboxylic acids is 1. The van der Waals surface area contributed by atoms with Gasteiger partial charge < -0.3 is 10.4 Å². The summed E-state index contributed by atoms with van der Waals surface area (Å²) in [7, 11) is 0. The van der Waals surface area contributed by atoms with Crippen LogP contribution in [-0.2, 0) is 24.1 Å². The van der Waals surface area contributed by atoms with E-state index in [1.54, 1.807) is 11.3 Å². The van der Waals surface area contributed by atoms with E-state index in [4.69, 9.17) is 5.11 Å². The Morgan fingerprint density at radius 3 is 2.52 bits per heavy atom. The lowest BCUT2D eigenvalue weighted by molar-refractivity contribution is -0.115. The number of amides is 1. The summed E-state index contributed by atoms with van der Waals surface area (Å²) in [5.41, 5.74) is 3.82. The standard InChI is InChI=1S/C20H20N2O2S/c23-11-10-15-6-8-17(9-7-15)21-19(24)13-18-14-25-20(22-18)12-16-4-2-1-3-5-16/h1-9,14,23H,10-13H2,(H,21,24). The first-order valence-corrected chi connectivity index (χ1v) is 9.08. The molecule has 0 unspecified atom stereocenters. The van der Waals surface area contributed by atoms with Crippen molar-refractivity contribution in [1.82, 2.24) is 4.98 Å². The second kappa shape index (κ2) is 8.55. The van der Waals surface area contributed by atoms with E-state index in [0.717, 1.165) is 28.4 Å². The van der Waals surface area contributed by atoms with Crippen LogP contribution in [0, 0.1) is 0 Å². The minimum Gasteiger partial charge on any atom is -0.396 e. The van der Waals surface area contributed by atoms with Crippen molar-refractivity contribution in [3.05, 3.63) is 81.8 Å². The number of aliphatic hydroxyl groups is 1. The van der Waals surface area contributed by atoms with Crippen LogP contribution in [0.3, 0.4) is 0 Å². The second-order valence-corrected chi connectivity index (χ2v) is 6.73. The molecule has 128 valence electrons. The first-order chi connectivity index (χ1) is 12.2. The highest BCUT2D eigenvalue weighted by Gasteiger charge is 2.09. The smallest absolute Gasteiger partial charge is 0.230 e. The Morgan fingerprint density at radius 1 is 1.04 bits per heavy atom. The molecule has 2 N–H and O–H groups in total. The Bertz CT molecular complexity index is 813. The van der Waals surface area contributed by atoms with E-state index in [2.05, 4.69) is 22.4 Å². The van der Waals surface area contributed by atoms with E-state index in [9.17, 15) is 4.79 Å². The highest BCUT2D eigenvalue weighted by Crippen LogP contribution is 2.16. The third-order valence-corrected chi connectivity index (χ3v) is 4.67. The number of hydrogen-bond acceptors (Lipinski definition) is 4. The van der Waals surface area contributed by atoms with Crippen molar-refractivity contribution in [3.8, 4) is 0 Å². The predicted molar refractivity (Wildman–Crippen MR) is 101 cm³/mol. The summed E-state index contributed by atoms with van der Waals surface area (Å²) in [6.45, 7) is 0.126. The highest BCUT2D eigenvalue weighted by molar-refractivity contribution is 7.09. The topological polar surface area (TPSA) is 62.2 Å². The summed E-state index contributed by atoms with van der Waals surface area (Å²) in [4.78, 5) is 16.7. The van der Waals surface area contributed by atoms with Crippen LogP contribution < -0.4 is 5.32 Å². The van der Waals surface area contributed by atoms with Crippen molar-refractivity contribution in [3.63, 3.8) is 0 Å². The van der Waals surface area contributed by atoms with E-state index in [1.165, 1.54) is 5.56 Å².